The molecule has 1 unspecified atom stereocenters. The Kier molecular flexibility index (Phi) is 4.13. The van der Waals surface area contributed by atoms with Crippen molar-refractivity contribution in [2.24, 2.45) is 4.99 Å². The van der Waals surface area contributed by atoms with Gasteiger partial charge in [-0.3, -0.25) is 0 Å². The van der Waals surface area contributed by atoms with E-state index in [1.54, 1.807) is 6.07 Å². The molecule has 0 N–H and O–H groups in total. The van der Waals surface area contributed by atoms with Crippen LogP contribution in [0.3, 0.4) is 0 Å². The summed E-state index contributed by atoms with van der Waals surface area (Å²) in [4.78, 5) is 6.43. The Balaban J connectivity index is 2.13. The first-order valence-corrected chi connectivity index (χ1v) is 6.29. The maximum atomic E-state index is 6.00. The molecule has 3 nitrogen and oxygen atoms in total. The Bertz CT molecular complexity index is 403. The van der Waals surface area contributed by atoms with Crippen molar-refractivity contribution >= 4 is 35.3 Å². The second-order valence-corrected chi connectivity index (χ2v) is 4.78. The number of rotatable bonds is 4. The first kappa shape index (κ1) is 12.5. The quantitative estimate of drug-likeness (QED) is 0.841. The van der Waals surface area contributed by atoms with E-state index in [4.69, 9.17) is 27.9 Å². The number of aliphatic imine (C=N–C) groups is 1. The molecule has 1 aliphatic rings. The summed E-state index contributed by atoms with van der Waals surface area (Å²) in [5.41, 5.74) is 1.02. The van der Waals surface area contributed by atoms with Crippen molar-refractivity contribution in [1.29, 1.82) is 0 Å². The fourth-order valence-corrected chi connectivity index (χ4v) is 2.33. The van der Waals surface area contributed by atoms with Gasteiger partial charge in [-0.2, -0.15) is 0 Å². The second-order valence-electron chi connectivity index (χ2n) is 3.91. The SMILES string of the molecule is CCN(CC1COC=N1)c1cc(Cl)cc(Cl)c1. The third-order valence-electron chi connectivity index (χ3n) is 2.66. The molecule has 0 aliphatic carbocycles. The number of benzene rings is 1. The van der Waals surface area contributed by atoms with Gasteiger partial charge in [0.05, 0.1) is 0 Å². The fourth-order valence-electron chi connectivity index (χ4n) is 1.82. The van der Waals surface area contributed by atoms with Crippen molar-refractivity contribution in [1.82, 2.24) is 0 Å². The van der Waals surface area contributed by atoms with Crippen molar-refractivity contribution < 1.29 is 4.74 Å². The topological polar surface area (TPSA) is 24.8 Å². The van der Waals surface area contributed by atoms with Crippen molar-refractivity contribution in [3.63, 3.8) is 0 Å². The molecule has 0 aromatic heterocycles. The molecule has 1 aliphatic heterocycles. The van der Waals surface area contributed by atoms with Crippen LogP contribution in [-0.2, 0) is 4.74 Å². The van der Waals surface area contributed by atoms with Gasteiger partial charge in [0.15, 0.2) is 6.40 Å². The largest absolute Gasteiger partial charge is 0.481 e. The molecule has 2 rings (SSSR count). The maximum Gasteiger partial charge on any atom is 0.169 e. The molecule has 5 heteroatoms. The van der Waals surface area contributed by atoms with E-state index >= 15 is 0 Å². The van der Waals surface area contributed by atoms with Crippen LogP contribution in [0.1, 0.15) is 6.92 Å². The normalized spacial score (nSPS) is 18.2. The summed E-state index contributed by atoms with van der Waals surface area (Å²) in [7, 11) is 0. The van der Waals surface area contributed by atoms with Crippen molar-refractivity contribution in [3.8, 4) is 0 Å². The highest BCUT2D eigenvalue weighted by molar-refractivity contribution is 6.35. The number of likely N-dealkylation sites (N-methyl/N-ethyl adjacent to an activating group) is 1. The van der Waals surface area contributed by atoms with Crippen LogP contribution in [0.4, 0.5) is 5.69 Å². The number of ether oxygens (including phenoxy) is 1. The minimum Gasteiger partial charge on any atom is -0.481 e. The predicted octanol–water partition coefficient (Wildman–Crippen LogP) is 3.25. The zero-order chi connectivity index (χ0) is 12.3. The average Bonchev–Trinajstić information content (AvgIpc) is 2.77. The van der Waals surface area contributed by atoms with E-state index in [1.165, 1.54) is 6.40 Å². The Morgan fingerprint density at radius 3 is 2.59 bits per heavy atom. The molecule has 1 heterocycles. The van der Waals surface area contributed by atoms with Crippen LogP contribution >= 0.6 is 23.2 Å². The first-order valence-electron chi connectivity index (χ1n) is 5.53. The summed E-state index contributed by atoms with van der Waals surface area (Å²) >= 11 is 12.0. The molecule has 0 saturated heterocycles. The number of hydrogen-bond acceptors (Lipinski definition) is 3. The van der Waals surface area contributed by atoms with E-state index in [2.05, 4.69) is 16.8 Å². The van der Waals surface area contributed by atoms with E-state index in [0.717, 1.165) is 18.8 Å². The minimum atomic E-state index is 0.188. The molecule has 0 amide bonds. The zero-order valence-electron chi connectivity index (χ0n) is 9.57. The van der Waals surface area contributed by atoms with E-state index < -0.39 is 0 Å². The Morgan fingerprint density at radius 2 is 2.06 bits per heavy atom. The lowest BCUT2D eigenvalue weighted by atomic mass is 10.2. The van der Waals surface area contributed by atoms with Gasteiger partial charge in [-0.15, -0.1) is 0 Å². The lowest BCUT2D eigenvalue weighted by molar-refractivity contribution is 0.328. The van der Waals surface area contributed by atoms with Crippen LogP contribution in [-0.4, -0.2) is 32.1 Å². The van der Waals surface area contributed by atoms with Gasteiger partial charge < -0.3 is 9.64 Å². The molecule has 0 radical (unpaired) electrons. The predicted molar refractivity (Wildman–Crippen MR) is 72.6 cm³/mol. The van der Waals surface area contributed by atoms with Crippen molar-refractivity contribution in [2.45, 2.75) is 13.0 Å². The number of nitrogens with zero attached hydrogens (tertiary/aromatic N) is 2. The standard InChI is InChI=1S/C12H14Cl2N2O/c1-2-16(6-11-7-17-8-15-11)12-4-9(13)3-10(14)5-12/h3-5,8,11H,2,6-7H2,1H3. The van der Waals surface area contributed by atoms with Crippen LogP contribution in [0.25, 0.3) is 0 Å². The van der Waals surface area contributed by atoms with Gasteiger partial charge >= 0.3 is 0 Å². The highest BCUT2D eigenvalue weighted by Gasteiger charge is 2.16. The molecular weight excluding hydrogens is 259 g/mol. The molecule has 1 atom stereocenters. The van der Waals surface area contributed by atoms with E-state index in [9.17, 15) is 0 Å². The number of anilines is 1. The summed E-state index contributed by atoms with van der Waals surface area (Å²) in [6.07, 6.45) is 1.52. The molecule has 1 aromatic rings. The number of halogens is 2. The third kappa shape index (κ3) is 3.27. The van der Waals surface area contributed by atoms with Gasteiger partial charge in [0.1, 0.15) is 12.6 Å². The third-order valence-corrected chi connectivity index (χ3v) is 3.10. The van der Waals surface area contributed by atoms with Crippen LogP contribution < -0.4 is 4.90 Å². The lowest BCUT2D eigenvalue weighted by Gasteiger charge is -2.25. The van der Waals surface area contributed by atoms with Crippen molar-refractivity contribution in [2.75, 3.05) is 24.6 Å². The van der Waals surface area contributed by atoms with Gasteiger partial charge in [-0.25, -0.2) is 4.99 Å². The van der Waals surface area contributed by atoms with Crippen LogP contribution in [0.15, 0.2) is 23.2 Å². The Morgan fingerprint density at radius 1 is 1.35 bits per heavy atom. The molecule has 0 bridgehead atoms. The molecule has 0 fully saturated rings. The molecule has 1 aromatic carbocycles. The zero-order valence-corrected chi connectivity index (χ0v) is 11.1. The average molecular weight is 273 g/mol. The van der Waals surface area contributed by atoms with E-state index in [-0.39, 0.29) is 6.04 Å². The molecular formula is C12H14Cl2N2O. The van der Waals surface area contributed by atoms with Gasteiger partial charge in [-0.1, -0.05) is 23.2 Å². The molecule has 92 valence electrons. The summed E-state index contributed by atoms with van der Waals surface area (Å²) in [5, 5.41) is 1.30. The Hall–Kier alpha value is -0.930. The van der Waals surface area contributed by atoms with Gasteiger partial charge in [0.25, 0.3) is 0 Å². The van der Waals surface area contributed by atoms with E-state index in [1.807, 2.05) is 12.1 Å². The van der Waals surface area contributed by atoms with Crippen LogP contribution in [0.2, 0.25) is 10.0 Å². The second kappa shape index (κ2) is 5.61. The van der Waals surface area contributed by atoms with Gasteiger partial charge in [-0.05, 0) is 25.1 Å². The first-order chi connectivity index (χ1) is 8.19. The monoisotopic (exact) mass is 272 g/mol. The van der Waals surface area contributed by atoms with Crippen LogP contribution in [0, 0.1) is 0 Å². The summed E-state index contributed by atoms with van der Waals surface area (Å²) in [6, 6.07) is 5.75. The highest BCUT2D eigenvalue weighted by Crippen LogP contribution is 2.25. The van der Waals surface area contributed by atoms with Crippen LogP contribution in [0.5, 0.6) is 0 Å². The van der Waals surface area contributed by atoms with Crippen molar-refractivity contribution in [3.05, 3.63) is 28.2 Å². The molecule has 0 saturated carbocycles. The van der Waals surface area contributed by atoms with Gasteiger partial charge in [0.2, 0.25) is 0 Å². The fraction of sp³-hybridized carbons (Fsp3) is 0.417. The van der Waals surface area contributed by atoms with E-state index in [0.29, 0.717) is 16.7 Å². The summed E-state index contributed by atoms with van der Waals surface area (Å²) in [6.45, 7) is 4.42. The lowest BCUT2D eigenvalue weighted by Crippen LogP contribution is -2.32. The highest BCUT2D eigenvalue weighted by atomic mass is 35.5. The maximum absolute atomic E-state index is 6.00. The summed E-state index contributed by atoms with van der Waals surface area (Å²) < 4.78 is 5.12. The molecule has 17 heavy (non-hydrogen) atoms. The number of hydrogen-bond donors (Lipinski definition) is 0. The molecule has 0 spiro atoms. The smallest absolute Gasteiger partial charge is 0.169 e. The Labute approximate surface area is 111 Å². The summed E-state index contributed by atoms with van der Waals surface area (Å²) in [5.74, 6) is 0. The minimum absolute atomic E-state index is 0.188. The van der Waals surface area contributed by atoms with Gasteiger partial charge in [0, 0.05) is 28.8 Å².